The van der Waals surface area contributed by atoms with Gasteiger partial charge in [0, 0.05) is 0 Å². The van der Waals surface area contributed by atoms with E-state index in [1.54, 1.807) is 0 Å². The molecule has 1 heterocycles. The first-order valence-corrected chi connectivity index (χ1v) is 6.08. The van der Waals surface area contributed by atoms with Crippen molar-refractivity contribution in [1.82, 2.24) is 0 Å². The van der Waals surface area contributed by atoms with E-state index in [-0.39, 0.29) is 0 Å². The van der Waals surface area contributed by atoms with Crippen LogP contribution in [0.25, 0.3) is 0 Å². The second-order valence-corrected chi connectivity index (χ2v) is 4.56. The van der Waals surface area contributed by atoms with Crippen LogP contribution in [0.1, 0.15) is 28.2 Å². The van der Waals surface area contributed by atoms with Gasteiger partial charge in [-0.05, 0) is 55.7 Å². The van der Waals surface area contributed by atoms with Crippen LogP contribution in [0.4, 0.5) is 0 Å². The van der Waals surface area contributed by atoms with Gasteiger partial charge in [0.05, 0.1) is 6.54 Å². The van der Waals surface area contributed by atoms with Crippen molar-refractivity contribution < 1.29 is 9.15 Å². The molecule has 0 fully saturated rings. The van der Waals surface area contributed by atoms with Crippen molar-refractivity contribution in [2.75, 3.05) is 0 Å². The van der Waals surface area contributed by atoms with Crippen molar-refractivity contribution in [2.24, 2.45) is 5.73 Å². The summed E-state index contributed by atoms with van der Waals surface area (Å²) in [6.07, 6.45) is 0. The van der Waals surface area contributed by atoms with Crippen molar-refractivity contribution in [3.05, 3.63) is 52.5 Å². The molecule has 0 spiro atoms. The van der Waals surface area contributed by atoms with Crippen LogP contribution in [0.15, 0.2) is 28.7 Å². The molecule has 1 aromatic heterocycles. The summed E-state index contributed by atoms with van der Waals surface area (Å²) in [7, 11) is 0. The lowest BCUT2D eigenvalue weighted by atomic mass is 10.1. The fraction of sp³-hybridized carbons (Fsp3) is 0.333. The van der Waals surface area contributed by atoms with E-state index in [9.17, 15) is 0 Å². The maximum absolute atomic E-state index is 5.71. The van der Waals surface area contributed by atoms with Gasteiger partial charge >= 0.3 is 0 Å². The van der Waals surface area contributed by atoms with Crippen molar-refractivity contribution in [3.8, 4) is 5.75 Å². The number of aryl methyl sites for hydroxylation is 3. The van der Waals surface area contributed by atoms with Crippen LogP contribution in [0.2, 0.25) is 0 Å². The molecule has 2 rings (SSSR count). The molecule has 18 heavy (non-hydrogen) atoms. The summed E-state index contributed by atoms with van der Waals surface area (Å²) in [5, 5.41) is 0. The maximum atomic E-state index is 5.71. The third kappa shape index (κ3) is 2.74. The quantitative estimate of drug-likeness (QED) is 0.899. The molecule has 0 atom stereocenters. The second-order valence-electron chi connectivity index (χ2n) is 4.56. The normalized spacial score (nSPS) is 10.7. The highest BCUT2D eigenvalue weighted by Gasteiger charge is 2.06. The highest BCUT2D eigenvalue weighted by Crippen LogP contribution is 2.19. The highest BCUT2D eigenvalue weighted by atomic mass is 16.5. The molecule has 0 bridgehead atoms. The molecular formula is C15H19NO2. The average Bonchev–Trinajstić information content (AvgIpc) is 2.71. The van der Waals surface area contributed by atoms with Crippen LogP contribution in [-0.4, -0.2) is 0 Å². The van der Waals surface area contributed by atoms with Crippen LogP contribution in [0, 0.1) is 20.8 Å². The SMILES string of the molecule is Cc1ccc(OCc2cc(C)c(CN)o2)cc1C. The Morgan fingerprint density at radius 3 is 2.44 bits per heavy atom. The maximum Gasteiger partial charge on any atom is 0.146 e. The second kappa shape index (κ2) is 5.27. The Morgan fingerprint density at radius 1 is 1.06 bits per heavy atom. The third-order valence-corrected chi connectivity index (χ3v) is 3.12. The first-order chi connectivity index (χ1) is 8.60. The minimum Gasteiger partial charge on any atom is -0.486 e. The van der Waals surface area contributed by atoms with Gasteiger partial charge in [-0.2, -0.15) is 0 Å². The van der Waals surface area contributed by atoms with E-state index in [0.29, 0.717) is 13.2 Å². The van der Waals surface area contributed by atoms with Gasteiger partial charge in [0.1, 0.15) is 23.9 Å². The van der Waals surface area contributed by atoms with E-state index in [2.05, 4.69) is 19.9 Å². The fourth-order valence-electron chi connectivity index (χ4n) is 1.82. The number of nitrogens with two attached hydrogens (primary N) is 1. The Morgan fingerprint density at radius 2 is 1.83 bits per heavy atom. The summed E-state index contributed by atoms with van der Waals surface area (Å²) in [6.45, 7) is 7.01. The fourth-order valence-corrected chi connectivity index (χ4v) is 1.82. The van der Waals surface area contributed by atoms with Gasteiger partial charge < -0.3 is 14.9 Å². The van der Waals surface area contributed by atoms with Crippen molar-refractivity contribution >= 4 is 0 Å². The van der Waals surface area contributed by atoms with Gasteiger partial charge in [-0.15, -0.1) is 0 Å². The summed E-state index contributed by atoms with van der Waals surface area (Å²) in [6, 6.07) is 8.05. The number of hydrogen-bond donors (Lipinski definition) is 1. The van der Waals surface area contributed by atoms with Crippen molar-refractivity contribution in [2.45, 2.75) is 33.9 Å². The molecule has 0 radical (unpaired) electrons. The van der Waals surface area contributed by atoms with Crippen molar-refractivity contribution in [3.63, 3.8) is 0 Å². The van der Waals surface area contributed by atoms with Gasteiger partial charge in [-0.1, -0.05) is 6.07 Å². The molecule has 0 aliphatic carbocycles. The smallest absolute Gasteiger partial charge is 0.146 e. The molecule has 3 heteroatoms. The number of rotatable bonds is 4. The van der Waals surface area contributed by atoms with E-state index in [1.807, 2.05) is 25.1 Å². The highest BCUT2D eigenvalue weighted by molar-refractivity contribution is 5.34. The number of furan rings is 1. The van der Waals surface area contributed by atoms with Gasteiger partial charge in [0.15, 0.2) is 0 Å². The molecule has 1 aromatic carbocycles. The lowest BCUT2D eigenvalue weighted by Gasteiger charge is -2.06. The molecule has 0 unspecified atom stereocenters. The van der Waals surface area contributed by atoms with Crippen LogP contribution in [0.5, 0.6) is 5.75 Å². The molecule has 2 aromatic rings. The summed E-state index contributed by atoms with van der Waals surface area (Å²) in [4.78, 5) is 0. The van der Waals surface area contributed by atoms with Crippen LogP contribution < -0.4 is 10.5 Å². The monoisotopic (exact) mass is 245 g/mol. The number of ether oxygens (including phenoxy) is 1. The Kier molecular flexibility index (Phi) is 3.72. The van der Waals surface area contributed by atoms with Gasteiger partial charge in [0.25, 0.3) is 0 Å². The van der Waals surface area contributed by atoms with Gasteiger partial charge in [-0.3, -0.25) is 0 Å². The zero-order valence-corrected chi connectivity index (χ0v) is 11.1. The van der Waals surface area contributed by atoms with E-state index >= 15 is 0 Å². The summed E-state index contributed by atoms with van der Waals surface area (Å²) in [5.74, 6) is 2.50. The zero-order valence-electron chi connectivity index (χ0n) is 11.1. The molecule has 0 amide bonds. The minimum absolute atomic E-state index is 0.426. The van der Waals surface area contributed by atoms with Crippen LogP contribution >= 0.6 is 0 Å². The molecule has 3 nitrogen and oxygen atoms in total. The van der Waals surface area contributed by atoms with E-state index < -0.39 is 0 Å². The molecule has 0 saturated carbocycles. The number of hydrogen-bond acceptors (Lipinski definition) is 3. The predicted molar refractivity (Wildman–Crippen MR) is 71.6 cm³/mol. The van der Waals surface area contributed by atoms with Crippen LogP contribution in [-0.2, 0) is 13.2 Å². The molecule has 0 saturated heterocycles. The van der Waals surface area contributed by atoms with Crippen LogP contribution in [0.3, 0.4) is 0 Å². The molecular weight excluding hydrogens is 226 g/mol. The molecule has 0 aliphatic heterocycles. The summed E-state index contributed by atoms with van der Waals surface area (Å²) in [5.41, 5.74) is 9.15. The zero-order chi connectivity index (χ0) is 13.1. The first-order valence-electron chi connectivity index (χ1n) is 6.08. The minimum atomic E-state index is 0.426. The topological polar surface area (TPSA) is 48.4 Å². The van der Waals surface area contributed by atoms with E-state index in [0.717, 1.165) is 22.8 Å². The molecule has 96 valence electrons. The standard InChI is InChI=1S/C15H19NO2/c1-10-4-5-13(6-11(10)2)17-9-14-7-12(3)15(8-16)18-14/h4-7H,8-9,16H2,1-3H3. The van der Waals surface area contributed by atoms with Gasteiger partial charge in [-0.25, -0.2) is 0 Å². The summed E-state index contributed by atoms with van der Waals surface area (Å²) >= 11 is 0. The van der Waals surface area contributed by atoms with Crippen molar-refractivity contribution in [1.29, 1.82) is 0 Å². The molecule has 2 N–H and O–H groups in total. The predicted octanol–water partition coefficient (Wildman–Crippen LogP) is 3.24. The van der Waals surface area contributed by atoms with Gasteiger partial charge in [0.2, 0.25) is 0 Å². The third-order valence-electron chi connectivity index (χ3n) is 3.12. The Labute approximate surface area is 108 Å². The number of benzene rings is 1. The summed E-state index contributed by atoms with van der Waals surface area (Å²) < 4.78 is 11.3. The molecule has 0 aliphatic rings. The largest absolute Gasteiger partial charge is 0.486 e. The Bertz CT molecular complexity index is 543. The lowest BCUT2D eigenvalue weighted by molar-refractivity contribution is 0.266. The first kappa shape index (κ1) is 12.7. The average molecular weight is 245 g/mol. The van der Waals surface area contributed by atoms with E-state index in [4.69, 9.17) is 14.9 Å². The Hall–Kier alpha value is -1.74. The van der Waals surface area contributed by atoms with E-state index in [1.165, 1.54) is 11.1 Å². The lowest BCUT2D eigenvalue weighted by Crippen LogP contribution is -1.96. The Balaban J connectivity index is 2.04.